The number of amides is 1. The van der Waals surface area contributed by atoms with Gasteiger partial charge in [0.15, 0.2) is 5.13 Å². The van der Waals surface area contributed by atoms with Crippen molar-refractivity contribution in [2.75, 3.05) is 11.1 Å². The van der Waals surface area contributed by atoms with Crippen LogP contribution in [0.25, 0.3) is 0 Å². The fourth-order valence-corrected chi connectivity index (χ4v) is 2.57. The smallest absolute Gasteiger partial charge is 0.230 e. The maximum Gasteiger partial charge on any atom is 0.230 e. The molecule has 29 heavy (non-hydrogen) atoms. The van der Waals surface area contributed by atoms with Gasteiger partial charge in [-0.25, -0.2) is 4.98 Å². The zero-order chi connectivity index (χ0) is 32.2. The molecule has 3 rings (SSSR count). The zero-order valence-electron chi connectivity index (χ0n) is 28.4. The molecule has 3 aromatic rings. The second-order valence-electron chi connectivity index (χ2n) is 5.78. The zero-order valence-corrected chi connectivity index (χ0v) is 16.2. The molecule has 0 aliphatic rings. The van der Waals surface area contributed by atoms with E-state index in [2.05, 4.69) is 10.3 Å². The number of carbonyl (C=O) groups excluding carboxylic acids is 1. The first-order valence-electron chi connectivity index (χ1n) is 15.0. The Labute approximate surface area is 193 Å². The van der Waals surface area contributed by atoms with Crippen molar-refractivity contribution < 1.29 is 27.7 Å². The molecule has 0 saturated heterocycles. The quantitative estimate of drug-likeness (QED) is 0.468. The van der Waals surface area contributed by atoms with E-state index >= 15 is 0 Å². The SMILES string of the molecule is [2H]c1sc(N)nc1C([2H])([2H])C(=O)Nc1ccc(C([2H])([2H])C([2H])([2H])CC([2H])([2H])[C@H](O)c2c([2H])c([2H])c(C)c([2H])c2[2H])cc1. The van der Waals surface area contributed by atoms with Crippen LogP contribution in [0.3, 0.4) is 0 Å². The Morgan fingerprint density at radius 1 is 1.31 bits per heavy atom. The van der Waals surface area contributed by atoms with Crippen molar-refractivity contribution in [1.29, 1.82) is 0 Å². The lowest BCUT2D eigenvalue weighted by molar-refractivity contribution is -0.115. The lowest BCUT2D eigenvalue weighted by Crippen LogP contribution is -2.14. The van der Waals surface area contributed by atoms with Gasteiger partial charge in [0, 0.05) is 22.0 Å². The van der Waals surface area contributed by atoms with Gasteiger partial charge in [-0.2, -0.15) is 0 Å². The highest BCUT2D eigenvalue weighted by Crippen LogP contribution is 2.21. The van der Waals surface area contributed by atoms with Crippen LogP contribution in [0.2, 0.25) is 0 Å². The third kappa shape index (κ3) is 6.69. The summed E-state index contributed by atoms with van der Waals surface area (Å²) in [5.41, 5.74) is 4.06. The van der Waals surface area contributed by atoms with Gasteiger partial charge in [-0.3, -0.25) is 4.79 Å². The molecule has 0 fully saturated rings. The molecule has 0 saturated carbocycles. The normalized spacial score (nSPS) is 20.4. The number of aryl methyl sites for hydroxylation is 1. The van der Waals surface area contributed by atoms with E-state index in [4.69, 9.17) is 23.6 Å². The number of nitrogens with one attached hydrogen (secondary N) is 1. The predicted octanol–water partition coefficient (Wildman–Crippen LogP) is 4.66. The van der Waals surface area contributed by atoms with Crippen molar-refractivity contribution in [1.82, 2.24) is 4.98 Å². The van der Waals surface area contributed by atoms with Crippen molar-refractivity contribution in [2.24, 2.45) is 0 Å². The topological polar surface area (TPSA) is 88.2 Å². The number of aliphatic hydroxyl groups excluding tert-OH is 1. The van der Waals surface area contributed by atoms with Crippen molar-refractivity contribution >= 4 is 28.1 Å². The maximum atomic E-state index is 12.6. The van der Waals surface area contributed by atoms with E-state index in [1.54, 1.807) is 0 Å². The van der Waals surface area contributed by atoms with E-state index in [1.165, 1.54) is 19.1 Å². The summed E-state index contributed by atoms with van der Waals surface area (Å²) in [6.45, 7) is 1.33. The molecule has 0 spiro atoms. The monoisotopic (exact) mass is 422 g/mol. The van der Waals surface area contributed by atoms with E-state index in [1.807, 2.05) is 0 Å². The minimum absolute atomic E-state index is 0.00666. The summed E-state index contributed by atoms with van der Waals surface area (Å²) < 4.78 is 106. The molecule has 0 bridgehead atoms. The lowest BCUT2D eigenvalue weighted by Gasteiger charge is -2.11. The molecule has 1 amide bonds. The Hall–Kier alpha value is -2.70. The standard InChI is InChI=1S/C23H27N3O2S/c1-16-6-10-18(11-7-16)21(27)5-3-2-4-17-8-12-19(13-9-17)25-22(28)14-20-15-29-23(24)26-20/h6-13,15,21,27H,2-5,14H2,1H3,(H2,24,26)(H,25,28)/t21-/m0/s1/i2D2,4D2,5D2,6D,7D,10D,11D,14D2,15D. The summed E-state index contributed by atoms with van der Waals surface area (Å²) in [5, 5.41) is 12.6. The number of aliphatic hydroxyl groups is 1. The third-order valence-corrected chi connectivity index (χ3v) is 4.10. The summed E-state index contributed by atoms with van der Waals surface area (Å²) >= 11 is 0.692. The average Bonchev–Trinajstić information content (AvgIpc) is 3.24. The number of aromatic nitrogens is 1. The Morgan fingerprint density at radius 2 is 2.03 bits per heavy atom. The molecule has 1 atom stereocenters. The van der Waals surface area contributed by atoms with Crippen LogP contribution in [0.1, 0.15) is 65.5 Å². The molecule has 4 N–H and O–H groups in total. The van der Waals surface area contributed by atoms with Gasteiger partial charge in [-0.15, -0.1) is 11.3 Å². The van der Waals surface area contributed by atoms with Crippen LogP contribution in [-0.4, -0.2) is 16.0 Å². The van der Waals surface area contributed by atoms with E-state index in [-0.39, 0.29) is 27.3 Å². The third-order valence-electron chi connectivity index (χ3n) is 3.51. The van der Waals surface area contributed by atoms with Crippen LogP contribution >= 0.6 is 11.3 Å². The van der Waals surface area contributed by atoms with Crippen LogP contribution in [0.5, 0.6) is 0 Å². The van der Waals surface area contributed by atoms with Crippen molar-refractivity contribution in [3.8, 4) is 0 Å². The second kappa shape index (κ2) is 10.2. The number of benzene rings is 2. The Kier molecular flexibility index (Phi) is 3.47. The lowest BCUT2D eigenvalue weighted by atomic mass is 10.0. The number of nitrogens with two attached hydrogens (primary N) is 1. The molecule has 1 aromatic heterocycles. The van der Waals surface area contributed by atoms with Crippen molar-refractivity contribution in [3.05, 3.63) is 76.2 Å². The van der Waals surface area contributed by atoms with Gasteiger partial charge in [0.1, 0.15) is 0 Å². The van der Waals surface area contributed by atoms with Gasteiger partial charge in [-0.1, -0.05) is 48.3 Å². The van der Waals surface area contributed by atoms with E-state index < -0.39 is 79.4 Å². The Morgan fingerprint density at radius 3 is 2.69 bits per heavy atom. The van der Waals surface area contributed by atoms with Gasteiger partial charge in [0.05, 0.1) is 25.0 Å². The van der Waals surface area contributed by atoms with Crippen LogP contribution in [0.15, 0.2) is 53.8 Å². The summed E-state index contributed by atoms with van der Waals surface area (Å²) in [7, 11) is 0. The highest BCUT2D eigenvalue weighted by Gasteiger charge is 2.08. The molecule has 0 aliphatic carbocycles. The number of anilines is 2. The maximum absolute atomic E-state index is 12.6. The minimum Gasteiger partial charge on any atom is -0.388 e. The van der Waals surface area contributed by atoms with Crippen LogP contribution in [-0.2, 0) is 17.5 Å². The number of hydrogen-bond acceptors (Lipinski definition) is 5. The van der Waals surface area contributed by atoms with Crippen LogP contribution in [0, 0.1) is 6.92 Å². The van der Waals surface area contributed by atoms with Crippen LogP contribution < -0.4 is 11.1 Å². The Balaban J connectivity index is 1.84. The van der Waals surface area contributed by atoms with Gasteiger partial charge in [-0.05, 0) is 49.3 Å². The highest BCUT2D eigenvalue weighted by atomic mass is 32.1. The molecular weight excluding hydrogens is 382 g/mol. The predicted molar refractivity (Wildman–Crippen MR) is 119 cm³/mol. The molecule has 0 unspecified atom stereocenters. The van der Waals surface area contributed by atoms with Gasteiger partial charge in [0.25, 0.3) is 0 Å². The van der Waals surface area contributed by atoms with E-state index in [9.17, 15) is 9.90 Å². The second-order valence-corrected chi connectivity index (χ2v) is 6.61. The molecule has 0 aliphatic heterocycles. The largest absolute Gasteiger partial charge is 0.388 e. The molecular formula is C23H27N3O2S. The molecule has 152 valence electrons. The summed E-state index contributed by atoms with van der Waals surface area (Å²) in [5.74, 6) is -1.18. The number of nitrogens with zero attached hydrogens (tertiary/aromatic N) is 1. The number of rotatable bonds is 9. The fourth-order valence-electron chi connectivity index (χ4n) is 2.13. The molecule has 2 aromatic carbocycles. The van der Waals surface area contributed by atoms with E-state index in [0.29, 0.717) is 11.3 Å². The molecule has 6 heteroatoms. The molecule has 0 radical (unpaired) electrons. The number of nitrogen functional groups attached to an aromatic ring is 1. The number of hydrogen-bond donors (Lipinski definition) is 3. The molecule has 5 nitrogen and oxygen atoms in total. The number of thiazole rings is 1. The summed E-state index contributed by atoms with van der Waals surface area (Å²) in [6.07, 6.45) is -15.1. The Bertz CT molecular complexity index is 1480. The first-order valence-corrected chi connectivity index (χ1v) is 9.28. The fraction of sp³-hybridized carbons (Fsp3) is 0.304. The van der Waals surface area contributed by atoms with Crippen molar-refractivity contribution in [3.63, 3.8) is 0 Å². The van der Waals surface area contributed by atoms with Gasteiger partial charge >= 0.3 is 0 Å². The first kappa shape index (κ1) is 9.87. The first-order chi connectivity index (χ1) is 19.1. The highest BCUT2D eigenvalue weighted by molar-refractivity contribution is 7.13. The van der Waals surface area contributed by atoms with E-state index in [0.717, 1.165) is 12.1 Å². The van der Waals surface area contributed by atoms with Gasteiger partial charge < -0.3 is 16.2 Å². The van der Waals surface area contributed by atoms with Gasteiger partial charge in [0.2, 0.25) is 5.91 Å². The van der Waals surface area contributed by atoms with Crippen molar-refractivity contribution in [2.45, 2.75) is 44.9 Å². The average molecular weight is 423 g/mol. The minimum atomic E-state index is -2.99. The number of carbonyl (C=O) groups is 1. The summed E-state index contributed by atoms with van der Waals surface area (Å²) in [4.78, 5) is 16.3. The molecule has 1 heterocycles. The van der Waals surface area contributed by atoms with Crippen LogP contribution in [0.4, 0.5) is 10.8 Å². The summed E-state index contributed by atoms with van der Waals surface area (Å²) in [6, 6.07) is 2.21.